The molecule has 0 saturated carbocycles. The lowest BCUT2D eigenvalue weighted by molar-refractivity contribution is 0.0985. The molecule has 0 rings (SSSR count). The Morgan fingerprint density at radius 1 is 1.31 bits per heavy atom. The number of rotatable bonds is 6. The topological polar surface area (TPSA) is 46.2 Å². The molecule has 0 amide bonds. The van der Waals surface area contributed by atoms with E-state index in [-0.39, 0.29) is 18.1 Å². The molecule has 0 aliphatic carbocycles. The molecule has 13 heavy (non-hydrogen) atoms. The highest BCUT2D eigenvalue weighted by atomic mass is 16.3. The first-order valence-electron chi connectivity index (χ1n) is 5.39. The lowest BCUT2D eigenvalue weighted by Gasteiger charge is -2.40. The van der Waals surface area contributed by atoms with Crippen LogP contribution in [0.15, 0.2) is 0 Å². The molecule has 0 heterocycles. The monoisotopic (exact) mass is 187 g/mol. The van der Waals surface area contributed by atoms with Gasteiger partial charge in [0.05, 0.1) is 0 Å². The summed E-state index contributed by atoms with van der Waals surface area (Å²) in [6.07, 6.45) is 2.93. The van der Waals surface area contributed by atoms with Crippen LogP contribution in [0.2, 0.25) is 0 Å². The minimum absolute atomic E-state index is 0.0955. The smallest absolute Gasteiger partial charge is 0.0436 e. The minimum atomic E-state index is 0.0955. The van der Waals surface area contributed by atoms with Crippen LogP contribution in [0.25, 0.3) is 0 Å². The van der Waals surface area contributed by atoms with Crippen molar-refractivity contribution in [2.45, 2.75) is 53.0 Å². The molecule has 0 saturated heterocycles. The van der Waals surface area contributed by atoms with Crippen molar-refractivity contribution in [1.82, 2.24) is 0 Å². The SMILES string of the molecule is CCC(C)C(C)(CCO)C(N)CC. The van der Waals surface area contributed by atoms with Gasteiger partial charge in [0.2, 0.25) is 0 Å². The average molecular weight is 187 g/mol. The van der Waals surface area contributed by atoms with Gasteiger partial charge in [-0.3, -0.25) is 0 Å². The number of aliphatic hydroxyl groups excluding tert-OH is 1. The van der Waals surface area contributed by atoms with Crippen molar-refractivity contribution >= 4 is 0 Å². The first-order valence-corrected chi connectivity index (χ1v) is 5.39. The van der Waals surface area contributed by atoms with E-state index in [9.17, 15) is 0 Å². The predicted molar refractivity (Wildman–Crippen MR) is 57.5 cm³/mol. The van der Waals surface area contributed by atoms with E-state index in [4.69, 9.17) is 10.8 Å². The molecule has 2 nitrogen and oxygen atoms in total. The van der Waals surface area contributed by atoms with Gasteiger partial charge in [-0.2, -0.15) is 0 Å². The fraction of sp³-hybridized carbons (Fsp3) is 1.00. The number of hydrogen-bond donors (Lipinski definition) is 2. The molecule has 0 aromatic heterocycles. The van der Waals surface area contributed by atoms with Crippen LogP contribution >= 0.6 is 0 Å². The summed E-state index contributed by atoms with van der Waals surface area (Å²) in [5, 5.41) is 9.04. The second kappa shape index (κ2) is 5.61. The Morgan fingerprint density at radius 3 is 2.15 bits per heavy atom. The van der Waals surface area contributed by atoms with Crippen molar-refractivity contribution in [3.05, 3.63) is 0 Å². The van der Waals surface area contributed by atoms with Crippen LogP contribution in [-0.2, 0) is 0 Å². The molecule has 0 aromatic rings. The maximum atomic E-state index is 9.04. The molecule has 0 aromatic carbocycles. The third kappa shape index (κ3) is 2.96. The average Bonchev–Trinajstić information content (AvgIpc) is 2.15. The second-order valence-corrected chi connectivity index (χ2v) is 4.30. The molecule has 0 aliphatic heterocycles. The lowest BCUT2D eigenvalue weighted by Crippen LogP contribution is -2.44. The van der Waals surface area contributed by atoms with Gasteiger partial charge in [0, 0.05) is 12.6 Å². The molecular formula is C11H25NO. The van der Waals surface area contributed by atoms with Gasteiger partial charge in [-0.1, -0.05) is 34.1 Å². The molecule has 0 bridgehead atoms. The Hall–Kier alpha value is -0.0800. The number of nitrogens with two attached hydrogens (primary N) is 1. The van der Waals surface area contributed by atoms with Gasteiger partial charge in [0.1, 0.15) is 0 Å². The fourth-order valence-electron chi connectivity index (χ4n) is 1.97. The zero-order valence-corrected chi connectivity index (χ0v) is 9.51. The summed E-state index contributed by atoms with van der Waals surface area (Å²) in [6, 6.07) is 0.203. The summed E-state index contributed by atoms with van der Waals surface area (Å²) in [5.74, 6) is 0.578. The molecule has 80 valence electrons. The molecular weight excluding hydrogens is 162 g/mol. The summed E-state index contributed by atoms with van der Waals surface area (Å²) in [6.45, 7) is 8.97. The Balaban J connectivity index is 4.50. The van der Waals surface area contributed by atoms with Crippen molar-refractivity contribution in [2.24, 2.45) is 17.1 Å². The van der Waals surface area contributed by atoms with E-state index >= 15 is 0 Å². The summed E-state index contributed by atoms with van der Waals surface area (Å²) in [7, 11) is 0. The van der Waals surface area contributed by atoms with Gasteiger partial charge in [0.15, 0.2) is 0 Å². The maximum Gasteiger partial charge on any atom is 0.0436 e. The van der Waals surface area contributed by atoms with E-state index in [1.54, 1.807) is 0 Å². The summed E-state index contributed by atoms with van der Waals surface area (Å²) in [4.78, 5) is 0. The normalized spacial score (nSPS) is 20.8. The molecule has 0 spiro atoms. The van der Waals surface area contributed by atoms with Gasteiger partial charge in [0.25, 0.3) is 0 Å². The van der Waals surface area contributed by atoms with E-state index < -0.39 is 0 Å². The standard InChI is InChI=1S/C11H25NO/c1-5-9(3)11(4,7-8-13)10(12)6-2/h9-10,13H,5-8,12H2,1-4H3. The third-order valence-electron chi connectivity index (χ3n) is 3.68. The molecule has 0 aliphatic rings. The highest BCUT2D eigenvalue weighted by Gasteiger charge is 2.34. The van der Waals surface area contributed by atoms with E-state index in [1.807, 2.05) is 0 Å². The van der Waals surface area contributed by atoms with Gasteiger partial charge >= 0.3 is 0 Å². The predicted octanol–water partition coefficient (Wildman–Crippen LogP) is 2.16. The van der Waals surface area contributed by atoms with Crippen molar-refractivity contribution in [3.8, 4) is 0 Å². The van der Waals surface area contributed by atoms with Crippen LogP contribution in [0.5, 0.6) is 0 Å². The van der Waals surface area contributed by atoms with Crippen molar-refractivity contribution in [2.75, 3.05) is 6.61 Å². The summed E-state index contributed by atoms with van der Waals surface area (Å²) < 4.78 is 0. The van der Waals surface area contributed by atoms with E-state index in [0.717, 1.165) is 19.3 Å². The molecule has 2 heteroatoms. The van der Waals surface area contributed by atoms with Crippen molar-refractivity contribution in [1.29, 1.82) is 0 Å². The largest absolute Gasteiger partial charge is 0.396 e. The van der Waals surface area contributed by atoms with Gasteiger partial charge in [-0.05, 0) is 24.2 Å². The first-order chi connectivity index (χ1) is 6.02. The molecule has 0 fully saturated rings. The first kappa shape index (κ1) is 12.9. The van der Waals surface area contributed by atoms with E-state index in [2.05, 4.69) is 27.7 Å². The number of aliphatic hydroxyl groups is 1. The van der Waals surface area contributed by atoms with Crippen LogP contribution in [0.1, 0.15) is 47.0 Å². The highest BCUT2D eigenvalue weighted by Crippen LogP contribution is 2.36. The minimum Gasteiger partial charge on any atom is -0.396 e. The zero-order chi connectivity index (χ0) is 10.5. The lowest BCUT2D eigenvalue weighted by atomic mass is 9.68. The van der Waals surface area contributed by atoms with Gasteiger partial charge < -0.3 is 10.8 Å². The molecule has 3 N–H and O–H groups in total. The third-order valence-corrected chi connectivity index (χ3v) is 3.68. The molecule has 0 radical (unpaired) electrons. The maximum absolute atomic E-state index is 9.04. The fourth-order valence-corrected chi connectivity index (χ4v) is 1.97. The van der Waals surface area contributed by atoms with Crippen LogP contribution in [0, 0.1) is 11.3 Å². The molecule has 3 unspecified atom stereocenters. The van der Waals surface area contributed by atoms with Crippen LogP contribution < -0.4 is 5.73 Å². The second-order valence-electron chi connectivity index (χ2n) is 4.30. The Kier molecular flexibility index (Phi) is 5.57. The van der Waals surface area contributed by atoms with Crippen LogP contribution in [0.4, 0.5) is 0 Å². The summed E-state index contributed by atoms with van der Waals surface area (Å²) in [5.41, 5.74) is 6.20. The van der Waals surface area contributed by atoms with Gasteiger partial charge in [-0.25, -0.2) is 0 Å². The van der Waals surface area contributed by atoms with Crippen molar-refractivity contribution < 1.29 is 5.11 Å². The quantitative estimate of drug-likeness (QED) is 0.669. The van der Waals surface area contributed by atoms with Crippen molar-refractivity contribution in [3.63, 3.8) is 0 Å². The summed E-state index contributed by atoms with van der Waals surface area (Å²) >= 11 is 0. The Morgan fingerprint density at radius 2 is 1.85 bits per heavy atom. The molecule has 3 atom stereocenters. The van der Waals surface area contributed by atoms with E-state index in [0.29, 0.717) is 5.92 Å². The highest BCUT2D eigenvalue weighted by molar-refractivity contribution is 4.88. The van der Waals surface area contributed by atoms with Crippen LogP contribution in [-0.4, -0.2) is 17.8 Å². The van der Waals surface area contributed by atoms with E-state index in [1.165, 1.54) is 0 Å². The number of hydrogen-bond acceptors (Lipinski definition) is 2. The van der Waals surface area contributed by atoms with Crippen LogP contribution in [0.3, 0.4) is 0 Å². The Bertz CT molecular complexity index is 126. The zero-order valence-electron chi connectivity index (χ0n) is 9.51. The van der Waals surface area contributed by atoms with Gasteiger partial charge in [-0.15, -0.1) is 0 Å². The Labute approximate surface area is 82.5 Å².